The highest BCUT2D eigenvalue weighted by Crippen LogP contribution is 2.21. The van der Waals surface area contributed by atoms with E-state index in [9.17, 15) is 0 Å². The van der Waals surface area contributed by atoms with Crippen LogP contribution < -0.4 is 11.1 Å². The molecule has 6 heteroatoms. The van der Waals surface area contributed by atoms with Crippen molar-refractivity contribution in [3.63, 3.8) is 0 Å². The molecule has 17 heavy (non-hydrogen) atoms. The van der Waals surface area contributed by atoms with Gasteiger partial charge in [0.15, 0.2) is 11.7 Å². The van der Waals surface area contributed by atoms with E-state index in [0.717, 1.165) is 32.4 Å². The van der Waals surface area contributed by atoms with E-state index in [-0.39, 0.29) is 24.0 Å². The molecular formula is C11H24IN3O2. The largest absolute Gasteiger partial charge is 0.370 e. The molecule has 3 N–H and O–H groups in total. The molecule has 0 radical (unpaired) electrons. The van der Waals surface area contributed by atoms with Crippen LogP contribution in [-0.2, 0) is 9.47 Å². The summed E-state index contributed by atoms with van der Waals surface area (Å²) in [6, 6.07) is 0. The van der Waals surface area contributed by atoms with E-state index < -0.39 is 5.79 Å². The molecule has 0 aromatic rings. The molecule has 0 atom stereocenters. The van der Waals surface area contributed by atoms with Crippen LogP contribution in [0.4, 0.5) is 0 Å². The van der Waals surface area contributed by atoms with E-state index in [0.29, 0.717) is 19.2 Å². The molecule has 1 saturated heterocycles. The van der Waals surface area contributed by atoms with E-state index in [2.05, 4.69) is 17.2 Å². The average molecular weight is 357 g/mol. The summed E-state index contributed by atoms with van der Waals surface area (Å²) in [5, 5.41) is 3.06. The molecule has 0 saturated carbocycles. The Morgan fingerprint density at radius 3 is 2.65 bits per heavy atom. The Hall–Kier alpha value is -0.0800. The molecule has 102 valence electrons. The fourth-order valence-electron chi connectivity index (χ4n) is 1.53. The van der Waals surface area contributed by atoms with Crippen LogP contribution in [0.3, 0.4) is 0 Å². The van der Waals surface area contributed by atoms with Gasteiger partial charge in [-0.3, -0.25) is 4.99 Å². The first-order chi connectivity index (χ1) is 7.66. The summed E-state index contributed by atoms with van der Waals surface area (Å²) >= 11 is 0. The fraction of sp³-hybridized carbons (Fsp3) is 0.909. The van der Waals surface area contributed by atoms with Crippen molar-refractivity contribution in [2.24, 2.45) is 10.7 Å². The number of ether oxygens (including phenoxy) is 2. The van der Waals surface area contributed by atoms with Crippen molar-refractivity contribution in [2.75, 3.05) is 26.3 Å². The normalized spacial score (nSPS) is 18.8. The highest BCUT2D eigenvalue weighted by molar-refractivity contribution is 14.0. The second-order valence-electron chi connectivity index (χ2n) is 4.13. The summed E-state index contributed by atoms with van der Waals surface area (Å²) in [5.41, 5.74) is 5.70. The molecule has 1 fully saturated rings. The van der Waals surface area contributed by atoms with E-state index in [1.165, 1.54) is 0 Å². The zero-order valence-corrected chi connectivity index (χ0v) is 13.0. The molecule has 1 aliphatic rings. The summed E-state index contributed by atoms with van der Waals surface area (Å²) in [5.74, 6) is 0.0616. The summed E-state index contributed by atoms with van der Waals surface area (Å²) in [6.07, 6.45) is 2.99. The van der Waals surface area contributed by atoms with Crippen LogP contribution in [0.15, 0.2) is 4.99 Å². The maximum absolute atomic E-state index is 5.70. The number of guanidine groups is 1. The van der Waals surface area contributed by atoms with E-state index in [1.807, 2.05) is 6.92 Å². The predicted molar refractivity (Wildman–Crippen MR) is 79.7 cm³/mol. The van der Waals surface area contributed by atoms with Gasteiger partial charge in [-0.05, 0) is 13.3 Å². The van der Waals surface area contributed by atoms with Gasteiger partial charge in [0.2, 0.25) is 0 Å². The molecule has 0 aromatic carbocycles. The highest BCUT2D eigenvalue weighted by Gasteiger charge is 2.30. The maximum atomic E-state index is 5.70. The number of hydrogen-bond acceptors (Lipinski definition) is 3. The number of halogens is 1. The highest BCUT2D eigenvalue weighted by atomic mass is 127. The van der Waals surface area contributed by atoms with Gasteiger partial charge in [0, 0.05) is 19.5 Å². The third kappa shape index (κ3) is 7.05. The Labute approximate surface area is 121 Å². The molecule has 0 bridgehead atoms. The van der Waals surface area contributed by atoms with Crippen LogP contribution in [0.2, 0.25) is 0 Å². The summed E-state index contributed by atoms with van der Waals surface area (Å²) in [4.78, 5) is 4.20. The molecule has 1 aliphatic heterocycles. The minimum atomic E-state index is -0.448. The van der Waals surface area contributed by atoms with E-state index >= 15 is 0 Å². The topological polar surface area (TPSA) is 68.9 Å². The zero-order valence-electron chi connectivity index (χ0n) is 10.7. The molecule has 5 nitrogen and oxygen atoms in total. The Kier molecular flexibility index (Phi) is 8.89. The molecule has 0 aliphatic carbocycles. The number of nitrogens with two attached hydrogens (primary N) is 1. The van der Waals surface area contributed by atoms with Crippen molar-refractivity contribution in [3.8, 4) is 0 Å². The van der Waals surface area contributed by atoms with Crippen LogP contribution in [0.5, 0.6) is 0 Å². The summed E-state index contributed by atoms with van der Waals surface area (Å²) in [7, 11) is 0. The number of hydrogen-bond donors (Lipinski definition) is 2. The third-order valence-corrected chi connectivity index (χ3v) is 2.58. The van der Waals surface area contributed by atoms with E-state index in [1.54, 1.807) is 0 Å². The zero-order chi connectivity index (χ0) is 11.9. The van der Waals surface area contributed by atoms with Gasteiger partial charge in [-0.25, -0.2) is 0 Å². The van der Waals surface area contributed by atoms with E-state index in [4.69, 9.17) is 15.2 Å². The SMILES string of the molecule is CCCCN=C(N)NCCC1(C)OCCO1.I. The Bertz CT molecular complexity index is 231. The summed E-state index contributed by atoms with van der Waals surface area (Å²) in [6.45, 7) is 6.95. The maximum Gasteiger partial charge on any atom is 0.188 e. The number of nitrogens with one attached hydrogen (secondary N) is 1. The van der Waals surface area contributed by atoms with Gasteiger partial charge < -0.3 is 20.5 Å². The van der Waals surface area contributed by atoms with Crippen LogP contribution >= 0.6 is 24.0 Å². The Morgan fingerprint density at radius 1 is 1.41 bits per heavy atom. The van der Waals surface area contributed by atoms with Gasteiger partial charge in [0.25, 0.3) is 0 Å². The first-order valence-electron chi connectivity index (χ1n) is 5.98. The second-order valence-corrected chi connectivity index (χ2v) is 4.13. The lowest BCUT2D eigenvalue weighted by molar-refractivity contribution is -0.145. The molecule has 0 amide bonds. The van der Waals surface area contributed by atoms with Gasteiger partial charge in [-0.2, -0.15) is 0 Å². The van der Waals surface area contributed by atoms with Gasteiger partial charge >= 0.3 is 0 Å². The van der Waals surface area contributed by atoms with Crippen molar-refractivity contribution < 1.29 is 9.47 Å². The van der Waals surface area contributed by atoms with Crippen molar-refractivity contribution in [1.29, 1.82) is 0 Å². The molecule has 0 aromatic heterocycles. The standard InChI is InChI=1S/C11H23N3O2.HI/c1-3-4-6-13-10(12)14-7-5-11(2)15-8-9-16-11;/h3-9H2,1-2H3,(H3,12,13,14);1H. The number of unbranched alkanes of at least 4 members (excludes halogenated alkanes) is 1. The number of aliphatic imine (C=N–C) groups is 1. The molecule has 0 unspecified atom stereocenters. The predicted octanol–water partition coefficient (Wildman–Crippen LogP) is 1.46. The number of rotatable bonds is 6. The first-order valence-corrected chi connectivity index (χ1v) is 5.98. The smallest absolute Gasteiger partial charge is 0.188 e. The minimum absolute atomic E-state index is 0. The van der Waals surface area contributed by atoms with Gasteiger partial charge in [-0.15, -0.1) is 24.0 Å². The van der Waals surface area contributed by atoms with Crippen LogP contribution in [0, 0.1) is 0 Å². The quantitative estimate of drug-likeness (QED) is 0.327. The van der Waals surface area contributed by atoms with Gasteiger partial charge in [-0.1, -0.05) is 13.3 Å². The monoisotopic (exact) mass is 357 g/mol. The lowest BCUT2D eigenvalue weighted by Gasteiger charge is -2.22. The van der Waals surface area contributed by atoms with Crippen LogP contribution in [0.1, 0.15) is 33.1 Å². The van der Waals surface area contributed by atoms with Gasteiger partial charge in [0.1, 0.15) is 0 Å². The number of nitrogens with zero attached hydrogens (tertiary/aromatic N) is 1. The van der Waals surface area contributed by atoms with Crippen molar-refractivity contribution in [2.45, 2.75) is 38.9 Å². The average Bonchev–Trinajstić information content (AvgIpc) is 2.66. The van der Waals surface area contributed by atoms with Crippen LogP contribution in [-0.4, -0.2) is 38.0 Å². The molecular weight excluding hydrogens is 333 g/mol. The third-order valence-electron chi connectivity index (χ3n) is 2.58. The first kappa shape index (κ1) is 16.9. The van der Waals surface area contributed by atoms with Gasteiger partial charge in [0.05, 0.1) is 13.2 Å². The van der Waals surface area contributed by atoms with Crippen molar-refractivity contribution >= 4 is 29.9 Å². The fourth-order valence-corrected chi connectivity index (χ4v) is 1.53. The summed E-state index contributed by atoms with van der Waals surface area (Å²) < 4.78 is 11.0. The Balaban J connectivity index is 0.00000256. The second kappa shape index (κ2) is 8.93. The minimum Gasteiger partial charge on any atom is -0.370 e. The van der Waals surface area contributed by atoms with Crippen molar-refractivity contribution in [1.82, 2.24) is 5.32 Å². The van der Waals surface area contributed by atoms with Crippen molar-refractivity contribution in [3.05, 3.63) is 0 Å². The lowest BCUT2D eigenvalue weighted by atomic mass is 10.2. The molecule has 0 spiro atoms. The Morgan fingerprint density at radius 2 is 2.06 bits per heavy atom. The van der Waals surface area contributed by atoms with Crippen LogP contribution in [0.25, 0.3) is 0 Å². The molecule has 1 heterocycles. The lowest BCUT2D eigenvalue weighted by Crippen LogP contribution is -2.37. The molecule has 1 rings (SSSR count).